The lowest BCUT2D eigenvalue weighted by atomic mass is 10.2. The Morgan fingerprint density at radius 2 is 1.91 bits per heavy atom. The highest BCUT2D eigenvalue weighted by Gasteiger charge is 2.21. The largest absolute Gasteiger partial charge is 0.277 e. The van der Waals surface area contributed by atoms with Gasteiger partial charge in [0.15, 0.2) is 0 Å². The van der Waals surface area contributed by atoms with Crippen LogP contribution in [0.5, 0.6) is 0 Å². The van der Waals surface area contributed by atoms with Crippen LogP contribution in [0.1, 0.15) is 11.4 Å². The van der Waals surface area contributed by atoms with Gasteiger partial charge in [-0.15, -0.1) is 0 Å². The number of pyridine rings is 1. The topological polar surface area (TPSA) is 76.9 Å². The van der Waals surface area contributed by atoms with E-state index < -0.39 is 10.0 Å². The van der Waals surface area contributed by atoms with Crippen LogP contribution in [0.2, 0.25) is 0 Å². The number of nitrogens with zero attached hydrogens (tertiary/aromatic N) is 3. The maximum atomic E-state index is 12.6. The fraction of sp³-hybridized carbons (Fsp3) is 0.200. The Labute approximate surface area is 128 Å². The Balaban J connectivity index is 2.10. The lowest BCUT2D eigenvalue weighted by molar-refractivity contribution is 0.600. The van der Waals surface area contributed by atoms with Gasteiger partial charge in [0.05, 0.1) is 16.9 Å². The van der Waals surface area contributed by atoms with Gasteiger partial charge in [-0.05, 0) is 26.0 Å². The molecule has 7 heteroatoms. The highest BCUT2D eigenvalue weighted by atomic mass is 32.2. The van der Waals surface area contributed by atoms with Crippen molar-refractivity contribution in [1.29, 1.82) is 0 Å². The number of benzene rings is 1. The third kappa shape index (κ3) is 2.55. The molecule has 3 rings (SSSR count). The summed E-state index contributed by atoms with van der Waals surface area (Å²) in [5.41, 5.74) is 2.38. The van der Waals surface area contributed by atoms with E-state index in [1.165, 1.54) is 10.9 Å². The fourth-order valence-corrected chi connectivity index (χ4v) is 3.65. The molecular weight excluding hydrogens is 300 g/mol. The van der Waals surface area contributed by atoms with Crippen molar-refractivity contribution < 1.29 is 8.42 Å². The number of anilines is 1. The second-order valence-electron chi connectivity index (χ2n) is 5.19. The molecule has 0 saturated heterocycles. The van der Waals surface area contributed by atoms with Crippen molar-refractivity contribution in [3.63, 3.8) is 0 Å². The van der Waals surface area contributed by atoms with Gasteiger partial charge < -0.3 is 0 Å². The molecule has 0 amide bonds. The molecule has 0 unspecified atom stereocenters. The summed E-state index contributed by atoms with van der Waals surface area (Å²) in [6.45, 7) is 3.54. The molecule has 0 saturated carbocycles. The van der Waals surface area contributed by atoms with Crippen molar-refractivity contribution in [2.45, 2.75) is 18.7 Å². The summed E-state index contributed by atoms with van der Waals surface area (Å²) in [7, 11) is -2.01. The number of aryl methyl sites for hydroxylation is 3. The highest BCUT2D eigenvalue weighted by Crippen LogP contribution is 2.25. The summed E-state index contributed by atoms with van der Waals surface area (Å²) < 4.78 is 29.2. The third-order valence-electron chi connectivity index (χ3n) is 3.36. The van der Waals surface area contributed by atoms with Crippen LogP contribution in [0, 0.1) is 13.8 Å². The van der Waals surface area contributed by atoms with E-state index in [0.29, 0.717) is 16.9 Å². The maximum Gasteiger partial charge on any atom is 0.265 e. The van der Waals surface area contributed by atoms with Gasteiger partial charge in [0.2, 0.25) is 0 Å². The number of hydrogen-bond donors (Lipinski definition) is 1. The molecule has 6 nitrogen and oxygen atoms in total. The quantitative estimate of drug-likeness (QED) is 0.805. The van der Waals surface area contributed by atoms with Crippen LogP contribution in [-0.2, 0) is 17.1 Å². The number of aromatic nitrogens is 3. The SMILES string of the molecule is Cc1ccc2cccc(NS(=O)(=O)c3cn(C)nc3C)c2n1. The average molecular weight is 316 g/mol. The van der Waals surface area contributed by atoms with Gasteiger partial charge in [0.25, 0.3) is 10.0 Å². The number of hydrogen-bond acceptors (Lipinski definition) is 4. The van der Waals surface area contributed by atoms with Crippen molar-refractivity contribution >= 4 is 26.6 Å². The molecule has 0 aliphatic carbocycles. The second-order valence-corrected chi connectivity index (χ2v) is 6.84. The van der Waals surface area contributed by atoms with Crippen LogP contribution in [0.25, 0.3) is 10.9 Å². The molecular formula is C15H16N4O2S. The molecule has 0 bridgehead atoms. The number of fused-ring (bicyclic) bond motifs is 1. The Hall–Kier alpha value is -2.41. The third-order valence-corrected chi connectivity index (χ3v) is 4.83. The Bertz CT molecular complexity index is 961. The summed E-state index contributed by atoms with van der Waals surface area (Å²) in [4.78, 5) is 4.60. The molecule has 2 aromatic heterocycles. The van der Waals surface area contributed by atoms with Crippen molar-refractivity contribution in [2.75, 3.05) is 4.72 Å². The monoisotopic (exact) mass is 316 g/mol. The van der Waals surface area contributed by atoms with E-state index in [0.717, 1.165) is 11.1 Å². The van der Waals surface area contributed by atoms with Crippen molar-refractivity contribution in [3.8, 4) is 0 Å². The van der Waals surface area contributed by atoms with Gasteiger partial charge in [-0.2, -0.15) is 5.10 Å². The summed E-state index contributed by atoms with van der Waals surface area (Å²) >= 11 is 0. The van der Waals surface area contributed by atoms with E-state index in [2.05, 4.69) is 14.8 Å². The first-order chi connectivity index (χ1) is 10.4. The maximum absolute atomic E-state index is 12.6. The van der Waals surface area contributed by atoms with Gasteiger partial charge in [-0.3, -0.25) is 14.4 Å². The molecule has 0 radical (unpaired) electrons. The van der Waals surface area contributed by atoms with E-state index in [1.54, 1.807) is 26.1 Å². The Morgan fingerprint density at radius 1 is 1.14 bits per heavy atom. The van der Waals surface area contributed by atoms with Crippen LogP contribution in [-0.4, -0.2) is 23.2 Å². The van der Waals surface area contributed by atoms with E-state index >= 15 is 0 Å². The highest BCUT2D eigenvalue weighted by molar-refractivity contribution is 7.92. The standard InChI is InChI=1S/C15H16N4O2S/c1-10-7-8-12-5-4-6-13(15(12)16-10)18-22(20,21)14-9-19(3)17-11(14)2/h4-9,18H,1-3H3. The fourth-order valence-electron chi connectivity index (χ4n) is 2.37. The molecule has 0 spiro atoms. The molecule has 1 N–H and O–H groups in total. The van der Waals surface area contributed by atoms with Crippen LogP contribution < -0.4 is 4.72 Å². The molecule has 3 aromatic rings. The molecule has 1 aromatic carbocycles. The molecule has 114 valence electrons. The van der Waals surface area contributed by atoms with Gasteiger partial charge in [-0.1, -0.05) is 18.2 Å². The van der Waals surface area contributed by atoms with E-state index in [-0.39, 0.29) is 4.90 Å². The van der Waals surface area contributed by atoms with Crippen molar-refractivity contribution in [1.82, 2.24) is 14.8 Å². The molecule has 22 heavy (non-hydrogen) atoms. The summed E-state index contributed by atoms with van der Waals surface area (Å²) in [5.74, 6) is 0. The zero-order chi connectivity index (χ0) is 15.9. The molecule has 0 fully saturated rings. The van der Waals surface area contributed by atoms with E-state index in [9.17, 15) is 8.42 Å². The Morgan fingerprint density at radius 3 is 2.59 bits per heavy atom. The number of rotatable bonds is 3. The van der Waals surface area contributed by atoms with Crippen LogP contribution in [0.3, 0.4) is 0 Å². The Kier molecular flexibility index (Phi) is 3.37. The predicted molar refractivity (Wildman–Crippen MR) is 85.2 cm³/mol. The first-order valence-electron chi connectivity index (χ1n) is 6.76. The predicted octanol–water partition coefficient (Wildman–Crippen LogP) is 2.39. The number of nitrogens with one attached hydrogen (secondary N) is 1. The van der Waals surface area contributed by atoms with Crippen molar-refractivity contribution in [2.24, 2.45) is 7.05 Å². The summed E-state index contributed by atoms with van der Waals surface area (Å²) in [6, 6.07) is 9.22. The first-order valence-corrected chi connectivity index (χ1v) is 8.24. The normalized spacial score (nSPS) is 11.8. The minimum Gasteiger partial charge on any atom is -0.277 e. The lowest BCUT2D eigenvalue weighted by Crippen LogP contribution is -2.14. The summed E-state index contributed by atoms with van der Waals surface area (Å²) in [5, 5.41) is 4.96. The van der Waals surface area contributed by atoms with E-state index in [1.807, 2.05) is 25.1 Å². The second kappa shape index (κ2) is 5.10. The lowest BCUT2D eigenvalue weighted by Gasteiger charge is -2.10. The smallest absolute Gasteiger partial charge is 0.265 e. The van der Waals surface area contributed by atoms with E-state index in [4.69, 9.17) is 0 Å². The molecule has 0 atom stereocenters. The minimum atomic E-state index is -3.70. The zero-order valence-corrected chi connectivity index (χ0v) is 13.3. The first kappa shape index (κ1) is 14.5. The van der Waals surface area contributed by atoms with Gasteiger partial charge in [0, 0.05) is 24.3 Å². The van der Waals surface area contributed by atoms with Gasteiger partial charge in [-0.25, -0.2) is 8.42 Å². The van der Waals surface area contributed by atoms with Crippen LogP contribution >= 0.6 is 0 Å². The van der Waals surface area contributed by atoms with Crippen LogP contribution in [0.4, 0.5) is 5.69 Å². The zero-order valence-electron chi connectivity index (χ0n) is 12.5. The molecule has 0 aliphatic rings. The number of sulfonamides is 1. The summed E-state index contributed by atoms with van der Waals surface area (Å²) in [6.07, 6.45) is 1.49. The van der Waals surface area contributed by atoms with Crippen LogP contribution in [0.15, 0.2) is 41.4 Å². The molecule has 0 aliphatic heterocycles. The minimum absolute atomic E-state index is 0.166. The van der Waals surface area contributed by atoms with Crippen molar-refractivity contribution in [3.05, 3.63) is 47.9 Å². The average Bonchev–Trinajstić information content (AvgIpc) is 2.79. The number of para-hydroxylation sites is 1. The van der Waals surface area contributed by atoms with Gasteiger partial charge >= 0.3 is 0 Å². The van der Waals surface area contributed by atoms with Gasteiger partial charge in [0.1, 0.15) is 4.90 Å². The molecule has 2 heterocycles.